The molecule has 8 aromatic carbocycles. The van der Waals surface area contributed by atoms with E-state index >= 15 is 0 Å². The molecular formula is C49H43NO7. The lowest BCUT2D eigenvalue weighted by atomic mass is 9.67. The Morgan fingerprint density at radius 3 is 1.67 bits per heavy atom. The summed E-state index contributed by atoms with van der Waals surface area (Å²) >= 11 is 0. The Balaban J connectivity index is 1.35. The van der Waals surface area contributed by atoms with Crippen molar-refractivity contribution in [2.24, 2.45) is 0 Å². The molecule has 0 spiro atoms. The minimum atomic E-state index is -0.937. The maximum Gasteiger partial charge on any atom is 0.206 e. The fourth-order valence-corrected chi connectivity index (χ4v) is 9.80. The highest BCUT2D eigenvalue weighted by atomic mass is 16.3. The third kappa shape index (κ3) is 4.67. The summed E-state index contributed by atoms with van der Waals surface area (Å²) in [7, 11) is 0. The zero-order valence-electron chi connectivity index (χ0n) is 33.0. The first-order valence-electron chi connectivity index (χ1n) is 18.9. The first kappa shape index (κ1) is 35.9. The number of phenolic OH excluding ortho intramolecular Hbond substituents is 7. The smallest absolute Gasteiger partial charge is 0.206 e. The van der Waals surface area contributed by atoms with Gasteiger partial charge in [0.05, 0.1) is 11.4 Å². The van der Waals surface area contributed by atoms with Crippen LogP contribution >= 0.6 is 0 Å². The summed E-state index contributed by atoms with van der Waals surface area (Å²) < 4.78 is 0. The zero-order valence-corrected chi connectivity index (χ0v) is 33.0. The van der Waals surface area contributed by atoms with Crippen molar-refractivity contribution in [3.05, 3.63) is 117 Å². The molecule has 8 heteroatoms. The van der Waals surface area contributed by atoms with Crippen molar-refractivity contribution >= 4 is 49.4 Å². The number of fused-ring (bicyclic) bond motifs is 2. The Morgan fingerprint density at radius 2 is 1.02 bits per heavy atom. The minimum absolute atomic E-state index is 0.0217. The SMILES string of the molecule is Cc1cc(C)c(-c2cc3ccc4c5c(cc6cccc2c6c35)C(C)(C)c2cc(N(c3c(C)c(O)c(O)c(O)c3C)c3c(C)c(O)c(O)c(O)c3O)ccc2-4)c(C)c1. The normalized spacial score (nSPS) is 13.2. The summed E-state index contributed by atoms with van der Waals surface area (Å²) in [5, 5.41) is 83.4. The third-order valence-corrected chi connectivity index (χ3v) is 12.5. The number of aromatic hydroxyl groups is 7. The van der Waals surface area contributed by atoms with E-state index in [1.807, 2.05) is 18.2 Å². The molecule has 0 aliphatic heterocycles. The Kier molecular flexibility index (Phi) is 7.46. The van der Waals surface area contributed by atoms with Gasteiger partial charge in [-0.05, 0) is 143 Å². The highest BCUT2D eigenvalue weighted by Crippen LogP contribution is 2.59. The molecular weight excluding hydrogens is 715 g/mol. The molecule has 57 heavy (non-hydrogen) atoms. The van der Waals surface area contributed by atoms with Gasteiger partial charge in [0, 0.05) is 27.8 Å². The molecule has 0 saturated heterocycles. The fraction of sp³-hybridized carbons (Fsp3) is 0.184. The van der Waals surface area contributed by atoms with E-state index in [4.69, 9.17) is 0 Å². The number of nitrogens with zero attached hydrogens (tertiary/aromatic N) is 1. The van der Waals surface area contributed by atoms with E-state index in [9.17, 15) is 35.7 Å². The number of rotatable bonds is 4. The van der Waals surface area contributed by atoms with Gasteiger partial charge < -0.3 is 40.6 Å². The van der Waals surface area contributed by atoms with Gasteiger partial charge in [-0.2, -0.15) is 0 Å². The molecule has 9 rings (SSSR count). The maximum atomic E-state index is 11.5. The second-order valence-electron chi connectivity index (χ2n) is 16.3. The van der Waals surface area contributed by atoms with Gasteiger partial charge in [-0.25, -0.2) is 0 Å². The van der Waals surface area contributed by atoms with Crippen LogP contribution < -0.4 is 4.90 Å². The van der Waals surface area contributed by atoms with Gasteiger partial charge in [0.2, 0.25) is 17.2 Å². The largest absolute Gasteiger partial charge is 0.504 e. The predicted molar refractivity (Wildman–Crippen MR) is 228 cm³/mol. The van der Waals surface area contributed by atoms with Crippen molar-refractivity contribution < 1.29 is 35.7 Å². The molecule has 0 aromatic heterocycles. The van der Waals surface area contributed by atoms with Crippen molar-refractivity contribution in [2.75, 3.05) is 4.90 Å². The predicted octanol–water partition coefficient (Wildman–Crippen LogP) is 11.8. The number of hydrogen-bond donors (Lipinski definition) is 7. The zero-order chi connectivity index (χ0) is 40.7. The number of anilines is 3. The van der Waals surface area contributed by atoms with Crippen LogP contribution in [0.25, 0.3) is 54.6 Å². The Bertz CT molecular complexity index is 2940. The molecule has 0 radical (unpaired) electrons. The van der Waals surface area contributed by atoms with Crippen molar-refractivity contribution in [1.82, 2.24) is 0 Å². The monoisotopic (exact) mass is 757 g/mol. The number of aryl methyl sites for hydroxylation is 3. The highest BCUT2D eigenvalue weighted by Gasteiger charge is 2.37. The molecule has 8 nitrogen and oxygen atoms in total. The van der Waals surface area contributed by atoms with E-state index in [-0.39, 0.29) is 28.1 Å². The maximum absolute atomic E-state index is 11.5. The molecule has 0 atom stereocenters. The van der Waals surface area contributed by atoms with Crippen LogP contribution in [0.3, 0.4) is 0 Å². The van der Waals surface area contributed by atoms with Gasteiger partial charge in [0.15, 0.2) is 23.0 Å². The van der Waals surface area contributed by atoms with Gasteiger partial charge in [-0.3, -0.25) is 0 Å². The Hall–Kier alpha value is -6.80. The summed E-state index contributed by atoms with van der Waals surface area (Å²) in [5.74, 6) is -5.05. The van der Waals surface area contributed by atoms with Crippen LogP contribution in [0.15, 0.2) is 72.8 Å². The van der Waals surface area contributed by atoms with E-state index in [2.05, 4.69) is 89.2 Å². The Morgan fingerprint density at radius 1 is 0.456 bits per heavy atom. The second-order valence-corrected chi connectivity index (χ2v) is 16.3. The summed E-state index contributed by atoms with van der Waals surface area (Å²) in [4.78, 5) is 1.52. The molecule has 0 unspecified atom stereocenters. The van der Waals surface area contributed by atoms with Crippen molar-refractivity contribution in [3.63, 3.8) is 0 Å². The van der Waals surface area contributed by atoms with Crippen LogP contribution in [0.4, 0.5) is 17.1 Å². The summed E-state index contributed by atoms with van der Waals surface area (Å²) in [6.07, 6.45) is 0. The lowest BCUT2D eigenvalue weighted by Crippen LogP contribution is -2.25. The number of hydrogen-bond acceptors (Lipinski definition) is 8. The van der Waals surface area contributed by atoms with Crippen molar-refractivity contribution in [2.45, 2.75) is 60.8 Å². The van der Waals surface area contributed by atoms with Gasteiger partial charge >= 0.3 is 0 Å². The van der Waals surface area contributed by atoms with Gasteiger partial charge in [-0.1, -0.05) is 67.9 Å². The van der Waals surface area contributed by atoms with Crippen LogP contribution in [0, 0.1) is 41.5 Å². The van der Waals surface area contributed by atoms with Gasteiger partial charge in [0.25, 0.3) is 0 Å². The average Bonchev–Trinajstić information content (AvgIpc) is 3.18. The molecule has 286 valence electrons. The summed E-state index contributed by atoms with van der Waals surface area (Å²) in [6.45, 7) is 15.5. The molecule has 0 bridgehead atoms. The van der Waals surface area contributed by atoms with E-state index in [0.29, 0.717) is 5.69 Å². The quantitative estimate of drug-likeness (QED) is 0.0534. The van der Waals surface area contributed by atoms with Crippen LogP contribution in [0.2, 0.25) is 0 Å². The molecule has 0 heterocycles. The topological polar surface area (TPSA) is 145 Å². The molecule has 1 aliphatic rings. The third-order valence-electron chi connectivity index (χ3n) is 12.5. The van der Waals surface area contributed by atoms with Crippen LogP contribution in [-0.4, -0.2) is 35.7 Å². The Labute approximate surface area is 329 Å². The lowest BCUT2D eigenvalue weighted by molar-refractivity contribution is 0.345. The summed E-state index contributed by atoms with van der Waals surface area (Å²) in [5.41, 5.74) is 10.7. The lowest BCUT2D eigenvalue weighted by Gasteiger charge is -2.38. The molecule has 1 aliphatic carbocycles. The number of benzene rings is 8. The average molecular weight is 758 g/mol. The number of phenols is 7. The van der Waals surface area contributed by atoms with Crippen molar-refractivity contribution in [3.8, 4) is 62.5 Å². The summed E-state index contributed by atoms with van der Waals surface area (Å²) in [6, 6.07) is 25.9. The molecule has 0 amide bonds. The molecule has 7 N–H and O–H groups in total. The van der Waals surface area contributed by atoms with Crippen LogP contribution in [-0.2, 0) is 5.41 Å². The molecule has 0 saturated carbocycles. The second kappa shape index (κ2) is 11.9. The van der Waals surface area contributed by atoms with E-state index in [1.54, 1.807) is 13.8 Å². The van der Waals surface area contributed by atoms with Crippen LogP contribution in [0.5, 0.6) is 40.2 Å². The fourth-order valence-electron chi connectivity index (χ4n) is 9.80. The van der Waals surface area contributed by atoms with E-state index < -0.39 is 45.7 Å². The van der Waals surface area contributed by atoms with Gasteiger partial charge in [0.1, 0.15) is 0 Å². The molecule has 8 aromatic rings. The highest BCUT2D eigenvalue weighted by molar-refractivity contribution is 6.30. The van der Waals surface area contributed by atoms with E-state index in [1.165, 1.54) is 61.2 Å². The van der Waals surface area contributed by atoms with Gasteiger partial charge in [-0.15, -0.1) is 0 Å². The first-order chi connectivity index (χ1) is 26.9. The minimum Gasteiger partial charge on any atom is -0.504 e. The first-order valence-corrected chi connectivity index (χ1v) is 18.9. The van der Waals surface area contributed by atoms with Crippen molar-refractivity contribution in [1.29, 1.82) is 0 Å². The standard InChI is InChI=1S/C49H43NO7/c1-21-16-22(2)36(23(3)17-21)33-18-28-12-14-32-30-15-13-29(20-34(30)49(7,8)35-19-27-10-9-11-31(33)37(27)38(28)39(32)35)50(40-24(4)42(51)46(55)43(52)25(40)5)41-26(6)44(53)47(56)48(57)45(41)54/h9-20,51-57H,1-8H3. The van der Waals surface area contributed by atoms with Crippen LogP contribution in [0.1, 0.15) is 58.4 Å². The molecule has 0 fully saturated rings. The van der Waals surface area contributed by atoms with E-state index in [0.717, 1.165) is 33.0 Å².